The van der Waals surface area contributed by atoms with Gasteiger partial charge in [0.25, 0.3) is 0 Å². The number of nitrogens with one attached hydrogen (secondary N) is 3. The quantitative estimate of drug-likeness (QED) is 0.109. The molecule has 4 N–H and O–H groups in total. The molecule has 2 saturated carbocycles. The molecule has 55 heavy (non-hydrogen) atoms. The van der Waals surface area contributed by atoms with Crippen LogP contribution < -0.4 is 29.2 Å². The zero-order valence-electron chi connectivity index (χ0n) is 34.2. The minimum atomic E-state index is -0.972. The van der Waals surface area contributed by atoms with Crippen molar-refractivity contribution >= 4 is 122 Å². The number of esters is 2. The molecule has 4 aliphatic rings. The first kappa shape index (κ1) is 59.2. The number of carbonyl (C=O) groups excluding carboxylic acids is 3. The number of carboxylic acids is 1. The van der Waals surface area contributed by atoms with Crippen LogP contribution in [0.2, 0.25) is 0 Å². The van der Waals surface area contributed by atoms with E-state index in [1.54, 1.807) is 6.92 Å². The van der Waals surface area contributed by atoms with Gasteiger partial charge in [-0.15, -0.1) is 24.0 Å². The number of nitrogens with zero attached hydrogens (tertiary/aromatic N) is 1. The molecule has 2 aliphatic heterocycles. The standard InChI is InChI=1S/C19H34N2O3.C10H19NO4.C9H17N.I3.I2.HI/c1-5-9-16(19(23)24-6-2)20-14(4)18(22)21-13(3)12-15-10-7-8-11-17(15)21;1-4-6-8(10(14)15-5-2)11-7(3)9(12)13;1-7-6-8-4-2-3-5-9(8)10-7;1-3-2;1-2;/h13-17,20H,5-12H2,1-4H3;7-8,11H,4-6H2,1-3H3,(H,12,13);7-10H,2-6H2,1H3;;;1H/q;;;-1;;/t13-,14-,15?,16-,17?;7-,8-;7-,8+,9+;;;/m111.../s1. The van der Waals surface area contributed by atoms with Gasteiger partial charge in [-0.25, -0.2) is 0 Å². The van der Waals surface area contributed by atoms with Crippen LogP contribution in [0.3, 0.4) is 0 Å². The van der Waals surface area contributed by atoms with Crippen molar-refractivity contribution in [3.05, 3.63) is 0 Å². The molecule has 0 radical (unpaired) electrons. The summed E-state index contributed by atoms with van der Waals surface area (Å²) in [6, 6.07) is 0.381. The molecule has 0 bridgehead atoms. The molecule has 11 nitrogen and oxygen atoms in total. The van der Waals surface area contributed by atoms with Gasteiger partial charge in [0.05, 0.1) is 19.3 Å². The SMILES string of the molecule is CCC[C@@H](N[C@H](C)C(=O)N1C2CCCCC2C[C@H]1C)C(=O)OCC.CCC[C@@H](N[C@H](C)C(=O)O)C(=O)OCC.C[C@@H]1C[C@@H]2CCCC[C@@H]2N1.I.II.I[I-]I. The maximum absolute atomic E-state index is 13.0. The Morgan fingerprint density at radius 3 is 1.69 bits per heavy atom. The molecule has 0 aromatic rings. The summed E-state index contributed by atoms with van der Waals surface area (Å²) < 4.78 is 9.99. The van der Waals surface area contributed by atoms with Gasteiger partial charge in [0.1, 0.15) is 18.1 Å². The summed E-state index contributed by atoms with van der Waals surface area (Å²) in [4.78, 5) is 49.3. The number of ether oxygens (including phenoxy) is 2. The van der Waals surface area contributed by atoms with E-state index in [0.29, 0.717) is 57.3 Å². The third kappa shape index (κ3) is 23.2. The summed E-state index contributed by atoms with van der Waals surface area (Å²) in [5.41, 5.74) is 0. The van der Waals surface area contributed by atoms with Crippen LogP contribution >= 0.6 is 98.4 Å². The summed E-state index contributed by atoms with van der Waals surface area (Å²) in [6.45, 7) is 16.0. The van der Waals surface area contributed by atoms with Gasteiger partial charge in [-0.1, -0.05) is 52.4 Å². The summed E-state index contributed by atoms with van der Waals surface area (Å²) in [5.74, 6) is 0.240. The summed E-state index contributed by atoms with van der Waals surface area (Å²) in [6.07, 6.45) is 16.3. The van der Waals surface area contributed by atoms with Crippen LogP contribution in [0, 0.1) is 11.8 Å². The van der Waals surface area contributed by atoms with Gasteiger partial charge in [0.15, 0.2) is 0 Å². The molecule has 2 saturated heterocycles. The van der Waals surface area contributed by atoms with E-state index >= 15 is 0 Å². The number of fused-ring (bicyclic) bond motifs is 2. The second kappa shape index (κ2) is 35.7. The minimum absolute atomic E-state index is 0. The van der Waals surface area contributed by atoms with E-state index in [9.17, 15) is 19.2 Å². The van der Waals surface area contributed by atoms with Crippen LogP contribution in [0.25, 0.3) is 0 Å². The van der Waals surface area contributed by atoms with Crippen molar-refractivity contribution in [3.63, 3.8) is 0 Å². The van der Waals surface area contributed by atoms with Crippen LogP contribution in [0.4, 0.5) is 0 Å². The average molecular weight is 1460 g/mol. The number of hydrogen-bond donors (Lipinski definition) is 4. The molecule has 17 heteroatoms. The number of rotatable bonds is 14. The number of likely N-dealkylation sites (tertiary alicyclic amines) is 1. The number of hydrogen-bond acceptors (Lipinski definition) is 9. The van der Waals surface area contributed by atoms with Crippen molar-refractivity contribution < 1.29 is 47.0 Å². The van der Waals surface area contributed by atoms with Crippen LogP contribution in [0.15, 0.2) is 0 Å². The molecular formula is C38H71I6N4O7-. The van der Waals surface area contributed by atoms with E-state index in [1.807, 2.05) is 27.7 Å². The zero-order chi connectivity index (χ0) is 41.2. The number of aliphatic carboxylic acids is 1. The first-order chi connectivity index (χ1) is 25.8. The molecule has 0 aromatic heterocycles. The predicted molar refractivity (Wildman–Crippen MR) is 265 cm³/mol. The van der Waals surface area contributed by atoms with Crippen molar-refractivity contribution in [2.75, 3.05) is 13.2 Å². The Morgan fingerprint density at radius 1 is 0.782 bits per heavy atom. The maximum atomic E-state index is 13.0. The average Bonchev–Trinajstić information content (AvgIpc) is 3.70. The molecule has 2 unspecified atom stereocenters. The molecule has 2 aliphatic carbocycles. The van der Waals surface area contributed by atoms with Gasteiger partial charge in [0.2, 0.25) is 5.91 Å². The topological polar surface area (TPSA) is 146 Å². The first-order valence-electron chi connectivity index (χ1n) is 20.0. The normalized spacial score (nSPS) is 25.6. The van der Waals surface area contributed by atoms with E-state index in [1.165, 1.54) is 58.3 Å². The molecule has 1 amide bonds. The Kier molecular flexibility index (Phi) is 38.5. The van der Waals surface area contributed by atoms with Crippen molar-refractivity contribution in [2.24, 2.45) is 11.8 Å². The number of carboxylic acid groups (broad SMARTS) is 1. The Bertz CT molecular complexity index is 1040. The Labute approximate surface area is 403 Å². The van der Waals surface area contributed by atoms with E-state index in [2.05, 4.69) is 109 Å². The first-order valence-corrected chi connectivity index (χ1v) is 38.8. The summed E-state index contributed by atoms with van der Waals surface area (Å²) >= 11 is 9.54. The Morgan fingerprint density at radius 2 is 1.24 bits per heavy atom. The molecule has 328 valence electrons. The monoisotopic (exact) mass is 1460 g/mol. The van der Waals surface area contributed by atoms with E-state index in [4.69, 9.17) is 14.6 Å². The van der Waals surface area contributed by atoms with Gasteiger partial charge < -0.3 is 24.8 Å². The fourth-order valence-corrected chi connectivity index (χ4v) is 8.26. The molecule has 0 aromatic carbocycles. The molecule has 0 spiro atoms. The third-order valence-electron chi connectivity index (χ3n) is 10.6. The second-order valence-corrected chi connectivity index (χ2v) is 31.0. The predicted octanol–water partition coefficient (Wildman–Crippen LogP) is 6.75. The van der Waals surface area contributed by atoms with E-state index in [0.717, 1.165) is 43.7 Å². The summed E-state index contributed by atoms with van der Waals surface area (Å²) in [7, 11) is 0. The van der Waals surface area contributed by atoms with Gasteiger partial charge >= 0.3 is 68.4 Å². The fraction of sp³-hybridized carbons (Fsp3) is 0.895. The Balaban J connectivity index is 0. The van der Waals surface area contributed by atoms with Gasteiger partial charge in [-0.3, -0.25) is 29.8 Å². The van der Waals surface area contributed by atoms with Crippen molar-refractivity contribution in [2.45, 2.75) is 194 Å². The van der Waals surface area contributed by atoms with E-state index in [-0.39, 0.29) is 47.9 Å². The number of halogens is 6. The second-order valence-electron chi connectivity index (χ2n) is 14.8. The number of amides is 1. The van der Waals surface area contributed by atoms with Gasteiger partial charge in [-0.2, -0.15) is 0 Å². The molecular weight excluding hydrogens is 1390 g/mol. The van der Waals surface area contributed by atoms with E-state index < -0.39 is 24.1 Å². The van der Waals surface area contributed by atoms with Crippen LogP contribution in [-0.2, 0) is 28.7 Å². The van der Waals surface area contributed by atoms with Crippen LogP contribution in [-0.4, -0.2) is 95.4 Å². The molecule has 4 fully saturated rings. The van der Waals surface area contributed by atoms with Gasteiger partial charge in [0, 0.05) is 61.4 Å². The summed E-state index contributed by atoms with van der Waals surface area (Å²) in [5, 5.41) is 18.3. The van der Waals surface area contributed by atoms with Crippen molar-refractivity contribution in [1.29, 1.82) is 0 Å². The molecule has 10 atom stereocenters. The molecule has 4 rings (SSSR count). The zero-order valence-corrected chi connectivity index (χ0v) is 47.3. The Hall–Kier alpha value is 2.14. The third-order valence-corrected chi connectivity index (χ3v) is 10.6. The fourth-order valence-electron chi connectivity index (χ4n) is 8.26. The van der Waals surface area contributed by atoms with Crippen molar-refractivity contribution in [1.82, 2.24) is 20.9 Å². The van der Waals surface area contributed by atoms with Crippen molar-refractivity contribution in [3.8, 4) is 0 Å². The molecule has 2 heterocycles. The number of carbonyl (C=O) groups is 4. The van der Waals surface area contributed by atoms with Crippen LogP contribution in [0.5, 0.6) is 0 Å². The van der Waals surface area contributed by atoms with Crippen LogP contribution in [0.1, 0.15) is 145 Å². The van der Waals surface area contributed by atoms with Gasteiger partial charge in [-0.05, 0) is 105 Å².